The summed E-state index contributed by atoms with van der Waals surface area (Å²) in [5.41, 5.74) is 2.66. The van der Waals surface area contributed by atoms with Crippen LogP contribution in [0.25, 0.3) is 5.69 Å². The predicted molar refractivity (Wildman–Crippen MR) is 79.2 cm³/mol. The van der Waals surface area contributed by atoms with Crippen molar-refractivity contribution in [2.24, 2.45) is 0 Å². The van der Waals surface area contributed by atoms with Crippen LogP contribution in [0.3, 0.4) is 0 Å². The van der Waals surface area contributed by atoms with E-state index < -0.39 is 0 Å². The average molecular weight is 287 g/mol. The summed E-state index contributed by atoms with van der Waals surface area (Å²) in [7, 11) is 0. The fourth-order valence-electron chi connectivity index (χ4n) is 2.79. The zero-order valence-corrected chi connectivity index (χ0v) is 12.2. The molecule has 1 fully saturated rings. The molecule has 0 N–H and O–H groups in total. The molecule has 0 unspecified atom stereocenters. The highest BCUT2D eigenvalue weighted by molar-refractivity contribution is 5.95. The smallest absolute Gasteiger partial charge is 0.227 e. The second-order valence-corrected chi connectivity index (χ2v) is 5.61. The van der Waals surface area contributed by atoms with Crippen molar-refractivity contribution in [1.82, 2.24) is 9.78 Å². The van der Waals surface area contributed by atoms with Crippen molar-refractivity contribution in [2.75, 3.05) is 11.4 Å². The Labute approximate surface area is 123 Å². The molecular formula is C16H18FN3O. The van der Waals surface area contributed by atoms with Gasteiger partial charge in [-0.25, -0.2) is 9.07 Å². The number of hydrogen-bond acceptors (Lipinski definition) is 2. The third-order valence-corrected chi connectivity index (χ3v) is 3.77. The number of aromatic nitrogens is 2. The summed E-state index contributed by atoms with van der Waals surface area (Å²) in [6, 6.07) is 6.23. The van der Waals surface area contributed by atoms with Gasteiger partial charge in [0.15, 0.2) is 0 Å². The molecule has 1 saturated heterocycles. The number of nitrogens with zero attached hydrogens (tertiary/aromatic N) is 3. The maximum Gasteiger partial charge on any atom is 0.227 e. The molecule has 1 amide bonds. The second-order valence-electron chi connectivity index (χ2n) is 5.61. The Morgan fingerprint density at radius 1 is 1.24 bits per heavy atom. The molecule has 1 aliphatic rings. The molecule has 3 rings (SSSR count). The lowest BCUT2D eigenvalue weighted by Crippen LogP contribution is -2.25. The van der Waals surface area contributed by atoms with Gasteiger partial charge in [-0.15, -0.1) is 0 Å². The Bertz CT molecular complexity index is 661. The van der Waals surface area contributed by atoms with E-state index in [4.69, 9.17) is 0 Å². The molecule has 1 aliphatic heterocycles. The van der Waals surface area contributed by atoms with Crippen LogP contribution in [0.2, 0.25) is 0 Å². The van der Waals surface area contributed by atoms with Gasteiger partial charge in [-0.2, -0.15) is 5.10 Å². The number of carbonyl (C=O) groups excluding carboxylic acids is 1. The van der Waals surface area contributed by atoms with Gasteiger partial charge in [0, 0.05) is 13.0 Å². The maximum atomic E-state index is 13.1. The monoisotopic (exact) mass is 287 g/mol. The number of anilines is 1. The minimum atomic E-state index is -0.271. The van der Waals surface area contributed by atoms with Gasteiger partial charge in [-0.3, -0.25) is 4.79 Å². The van der Waals surface area contributed by atoms with Gasteiger partial charge in [0.1, 0.15) is 5.82 Å². The van der Waals surface area contributed by atoms with E-state index in [1.165, 1.54) is 12.1 Å². The molecule has 2 aromatic rings. The van der Waals surface area contributed by atoms with Crippen molar-refractivity contribution < 1.29 is 9.18 Å². The first-order chi connectivity index (χ1) is 10.1. The molecule has 1 aromatic carbocycles. The lowest BCUT2D eigenvalue weighted by atomic mass is 10.1. The van der Waals surface area contributed by atoms with Crippen LogP contribution in [0, 0.1) is 5.82 Å². The number of amides is 1. The molecule has 0 saturated carbocycles. The van der Waals surface area contributed by atoms with Gasteiger partial charge in [0.25, 0.3) is 0 Å². The Hall–Kier alpha value is -2.17. The lowest BCUT2D eigenvalue weighted by Gasteiger charge is -2.19. The molecule has 0 atom stereocenters. The Morgan fingerprint density at radius 2 is 1.95 bits per heavy atom. The van der Waals surface area contributed by atoms with Crippen LogP contribution in [0.1, 0.15) is 38.3 Å². The van der Waals surface area contributed by atoms with E-state index in [9.17, 15) is 9.18 Å². The summed E-state index contributed by atoms with van der Waals surface area (Å²) in [5, 5.41) is 4.42. The van der Waals surface area contributed by atoms with Crippen LogP contribution in [-0.2, 0) is 4.79 Å². The van der Waals surface area contributed by atoms with E-state index in [2.05, 4.69) is 18.9 Å². The average Bonchev–Trinajstić information content (AvgIpc) is 3.05. The van der Waals surface area contributed by atoms with E-state index >= 15 is 0 Å². The SMILES string of the molecule is CC(C)c1c(N2CCCC2=O)cnn1-c1ccc(F)cc1. The Morgan fingerprint density at radius 3 is 2.52 bits per heavy atom. The minimum absolute atomic E-state index is 0.149. The van der Waals surface area contributed by atoms with Gasteiger partial charge in [0.05, 0.1) is 23.3 Å². The highest BCUT2D eigenvalue weighted by Gasteiger charge is 2.27. The fraction of sp³-hybridized carbons (Fsp3) is 0.375. The van der Waals surface area contributed by atoms with Crippen LogP contribution in [-0.4, -0.2) is 22.2 Å². The standard InChI is InChI=1S/C16H18FN3O/c1-11(2)16-14(19-9-3-4-15(19)21)10-18-20(16)13-7-5-12(17)6-8-13/h5-8,10-11H,3-4,9H2,1-2H3. The molecule has 21 heavy (non-hydrogen) atoms. The minimum Gasteiger partial charge on any atom is -0.309 e. The van der Waals surface area contributed by atoms with E-state index in [0.29, 0.717) is 6.42 Å². The molecule has 0 aliphatic carbocycles. The number of rotatable bonds is 3. The lowest BCUT2D eigenvalue weighted by molar-refractivity contribution is -0.117. The van der Waals surface area contributed by atoms with E-state index in [1.54, 1.807) is 23.0 Å². The van der Waals surface area contributed by atoms with Crippen molar-refractivity contribution in [1.29, 1.82) is 0 Å². The Balaban J connectivity index is 2.08. The van der Waals surface area contributed by atoms with Crippen LogP contribution < -0.4 is 4.90 Å². The summed E-state index contributed by atoms with van der Waals surface area (Å²) < 4.78 is 14.9. The zero-order valence-electron chi connectivity index (χ0n) is 12.2. The number of benzene rings is 1. The summed E-state index contributed by atoms with van der Waals surface area (Å²) in [6.45, 7) is 4.88. The molecule has 110 valence electrons. The largest absolute Gasteiger partial charge is 0.309 e. The highest BCUT2D eigenvalue weighted by Crippen LogP contribution is 2.32. The molecule has 0 bridgehead atoms. The first-order valence-corrected chi connectivity index (χ1v) is 7.22. The van der Waals surface area contributed by atoms with Gasteiger partial charge in [-0.05, 0) is 36.6 Å². The third-order valence-electron chi connectivity index (χ3n) is 3.77. The second kappa shape index (κ2) is 5.31. The van der Waals surface area contributed by atoms with Crippen LogP contribution in [0.4, 0.5) is 10.1 Å². The van der Waals surface area contributed by atoms with Crippen LogP contribution in [0.5, 0.6) is 0 Å². The maximum absolute atomic E-state index is 13.1. The van der Waals surface area contributed by atoms with Crippen molar-refractivity contribution >= 4 is 11.6 Å². The Kier molecular flexibility index (Phi) is 3.49. The molecule has 4 nitrogen and oxygen atoms in total. The first-order valence-electron chi connectivity index (χ1n) is 7.22. The zero-order chi connectivity index (χ0) is 15.0. The number of carbonyl (C=O) groups is 1. The third kappa shape index (κ3) is 2.44. The molecule has 0 spiro atoms. The number of halogens is 1. The van der Waals surface area contributed by atoms with Crippen molar-refractivity contribution in [3.63, 3.8) is 0 Å². The van der Waals surface area contributed by atoms with Gasteiger partial charge >= 0.3 is 0 Å². The molecular weight excluding hydrogens is 269 g/mol. The van der Waals surface area contributed by atoms with E-state index in [1.807, 2.05) is 4.90 Å². The first kappa shape index (κ1) is 13.8. The normalized spacial score (nSPS) is 15.2. The van der Waals surface area contributed by atoms with Gasteiger partial charge < -0.3 is 4.90 Å². The van der Waals surface area contributed by atoms with Crippen LogP contribution in [0.15, 0.2) is 30.5 Å². The summed E-state index contributed by atoms with van der Waals surface area (Å²) in [6.07, 6.45) is 3.22. The number of hydrogen-bond donors (Lipinski definition) is 0. The fourth-order valence-corrected chi connectivity index (χ4v) is 2.79. The topological polar surface area (TPSA) is 38.1 Å². The molecule has 2 heterocycles. The summed E-state index contributed by atoms with van der Waals surface area (Å²) in [4.78, 5) is 13.8. The highest BCUT2D eigenvalue weighted by atomic mass is 19.1. The summed E-state index contributed by atoms with van der Waals surface area (Å²) >= 11 is 0. The van der Waals surface area contributed by atoms with Crippen molar-refractivity contribution in [3.05, 3.63) is 42.0 Å². The quantitative estimate of drug-likeness (QED) is 0.869. The van der Waals surface area contributed by atoms with E-state index in [-0.39, 0.29) is 17.6 Å². The van der Waals surface area contributed by atoms with Gasteiger partial charge in [0.2, 0.25) is 5.91 Å². The van der Waals surface area contributed by atoms with Crippen LogP contribution >= 0.6 is 0 Å². The summed E-state index contributed by atoms with van der Waals surface area (Å²) in [5.74, 6) is 0.0865. The van der Waals surface area contributed by atoms with E-state index in [0.717, 1.165) is 30.0 Å². The van der Waals surface area contributed by atoms with Crippen molar-refractivity contribution in [3.8, 4) is 5.69 Å². The molecule has 1 aromatic heterocycles. The molecule has 5 heteroatoms. The predicted octanol–water partition coefficient (Wildman–Crippen LogP) is 3.26. The van der Waals surface area contributed by atoms with Crippen molar-refractivity contribution in [2.45, 2.75) is 32.6 Å². The van der Waals surface area contributed by atoms with Gasteiger partial charge in [-0.1, -0.05) is 13.8 Å². The molecule has 0 radical (unpaired) electrons.